The van der Waals surface area contributed by atoms with Crippen LogP contribution in [0.2, 0.25) is 0 Å². The Kier molecular flexibility index (Phi) is 4.71. The van der Waals surface area contributed by atoms with Crippen LogP contribution in [0.4, 0.5) is 11.4 Å². The van der Waals surface area contributed by atoms with Gasteiger partial charge in [-0.15, -0.1) is 0 Å². The summed E-state index contributed by atoms with van der Waals surface area (Å²) in [4.78, 5) is 29.6. The molecule has 4 rings (SSSR count). The number of carbonyl (C=O) groups is 2. The lowest BCUT2D eigenvalue weighted by Gasteiger charge is -2.26. The van der Waals surface area contributed by atoms with Gasteiger partial charge in [-0.1, -0.05) is 18.2 Å². The van der Waals surface area contributed by atoms with E-state index in [1.54, 1.807) is 37.3 Å². The van der Waals surface area contributed by atoms with Crippen molar-refractivity contribution in [2.75, 3.05) is 30.6 Å². The zero-order valence-corrected chi connectivity index (χ0v) is 16.3. The number of amides is 2. The number of ether oxygens (including phenoxy) is 2. The summed E-state index contributed by atoms with van der Waals surface area (Å²) in [6, 6.07) is 13.4. The fraction of sp³-hybridized carbons (Fsp3) is 0.364. The van der Waals surface area contributed by atoms with Gasteiger partial charge in [0.2, 0.25) is 11.8 Å². The van der Waals surface area contributed by atoms with Crippen LogP contribution in [0.25, 0.3) is 0 Å². The lowest BCUT2D eigenvalue weighted by Crippen LogP contribution is -2.41. The van der Waals surface area contributed by atoms with Crippen LogP contribution >= 0.6 is 0 Å². The minimum Gasteiger partial charge on any atom is -0.497 e. The zero-order valence-electron chi connectivity index (χ0n) is 16.3. The highest BCUT2D eigenvalue weighted by Crippen LogP contribution is 2.38. The predicted octanol–water partition coefficient (Wildman–Crippen LogP) is 3.03. The Bertz CT molecular complexity index is 927. The van der Waals surface area contributed by atoms with Crippen molar-refractivity contribution in [2.24, 2.45) is 5.92 Å². The summed E-state index contributed by atoms with van der Waals surface area (Å²) < 4.78 is 10.7. The second-order valence-electron chi connectivity index (χ2n) is 7.33. The van der Waals surface area contributed by atoms with Gasteiger partial charge in [0.1, 0.15) is 11.5 Å². The Morgan fingerprint density at radius 2 is 1.82 bits per heavy atom. The van der Waals surface area contributed by atoms with E-state index in [2.05, 4.69) is 13.0 Å². The maximum Gasteiger partial charge on any atom is 0.232 e. The number of rotatable bonds is 4. The second-order valence-corrected chi connectivity index (χ2v) is 7.33. The van der Waals surface area contributed by atoms with Crippen molar-refractivity contribution >= 4 is 23.2 Å². The smallest absolute Gasteiger partial charge is 0.232 e. The van der Waals surface area contributed by atoms with Crippen molar-refractivity contribution in [3.8, 4) is 11.5 Å². The molecule has 6 nitrogen and oxygen atoms in total. The largest absolute Gasteiger partial charge is 0.497 e. The lowest BCUT2D eigenvalue weighted by molar-refractivity contribution is -0.124. The first-order valence-corrected chi connectivity index (χ1v) is 9.47. The van der Waals surface area contributed by atoms with Crippen LogP contribution in [0.1, 0.15) is 18.9 Å². The van der Waals surface area contributed by atoms with Gasteiger partial charge < -0.3 is 19.3 Å². The van der Waals surface area contributed by atoms with Crippen LogP contribution in [-0.2, 0) is 16.0 Å². The number of nitrogens with zero attached hydrogens (tertiary/aromatic N) is 2. The Hall–Kier alpha value is -3.02. The normalized spacial score (nSPS) is 21.0. The number of anilines is 2. The monoisotopic (exact) mass is 380 g/mol. The predicted molar refractivity (Wildman–Crippen MR) is 107 cm³/mol. The molecule has 2 aliphatic heterocycles. The molecule has 28 heavy (non-hydrogen) atoms. The fourth-order valence-electron chi connectivity index (χ4n) is 4.21. The molecular weight excluding hydrogens is 356 g/mol. The summed E-state index contributed by atoms with van der Waals surface area (Å²) in [6.45, 7) is 2.39. The molecule has 0 radical (unpaired) electrons. The molecule has 0 aliphatic carbocycles. The van der Waals surface area contributed by atoms with Crippen molar-refractivity contribution in [3.05, 3.63) is 48.0 Å². The van der Waals surface area contributed by atoms with Gasteiger partial charge in [-0.25, -0.2) is 0 Å². The average molecular weight is 380 g/mol. The number of hydrogen-bond acceptors (Lipinski definition) is 4. The molecule has 0 saturated carbocycles. The lowest BCUT2D eigenvalue weighted by atomic mass is 10.1. The van der Waals surface area contributed by atoms with Crippen molar-refractivity contribution in [3.63, 3.8) is 0 Å². The second kappa shape index (κ2) is 7.19. The zero-order chi connectivity index (χ0) is 19.8. The van der Waals surface area contributed by atoms with Crippen LogP contribution in [0.15, 0.2) is 42.5 Å². The Labute approximate surface area is 164 Å². The number of methoxy groups -OCH3 is 2. The Morgan fingerprint density at radius 1 is 1.04 bits per heavy atom. The molecular formula is C22H24N2O4. The van der Waals surface area contributed by atoms with E-state index in [-0.39, 0.29) is 30.2 Å². The van der Waals surface area contributed by atoms with E-state index in [0.29, 0.717) is 23.7 Å². The molecule has 0 bridgehead atoms. The third kappa shape index (κ3) is 2.99. The van der Waals surface area contributed by atoms with Gasteiger partial charge in [-0.3, -0.25) is 9.59 Å². The van der Waals surface area contributed by atoms with Gasteiger partial charge in [0.15, 0.2) is 0 Å². The van der Waals surface area contributed by atoms with E-state index in [9.17, 15) is 9.59 Å². The van der Waals surface area contributed by atoms with Crippen molar-refractivity contribution in [1.82, 2.24) is 0 Å². The van der Waals surface area contributed by atoms with Crippen molar-refractivity contribution < 1.29 is 19.1 Å². The van der Waals surface area contributed by atoms with Crippen LogP contribution in [-0.4, -0.2) is 38.6 Å². The Morgan fingerprint density at radius 3 is 2.57 bits per heavy atom. The number of para-hydroxylation sites is 1. The minimum atomic E-state index is -0.378. The molecule has 2 aliphatic rings. The molecule has 2 heterocycles. The summed E-state index contributed by atoms with van der Waals surface area (Å²) in [5.74, 6) is 0.778. The average Bonchev–Trinajstić information content (AvgIpc) is 3.26. The van der Waals surface area contributed by atoms with Crippen LogP contribution in [0, 0.1) is 5.92 Å². The minimum absolute atomic E-state index is 0.00941. The molecule has 2 unspecified atom stereocenters. The van der Waals surface area contributed by atoms with Gasteiger partial charge in [0.05, 0.1) is 25.8 Å². The van der Waals surface area contributed by atoms with Crippen molar-refractivity contribution in [2.45, 2.75) is 25.8 Å². The molecule has 1 fully saturated rings. The third-order valence-corrected chi connectivity index (χ3v) is 5.60. The molecule has 6 heteroatoms. The van der Waals surface area contributed by atoms with E-state index in [4.69, 9.17) is 9.47 Å². The summed E-state index contributed by atoms with van der Waals surface area (Å²) in [7, 11) is 3.15. The first kappa shape index (κ1) is 18.3. The molecule has 1 saturated heterocycles. The molecule has 2 amide bonds. The van der Waals surface area contributed by atoms with Crippen LogP contribution in [0.3, 0.4) is 0 Å². The molecule has 2 aromatic rings. The topological polar surface area (TPSA) is 59.1 Å². The van der Waals surface area contributed by atoms with Gasteiger partial charge in [-0.2, -0.15) is 0 Å². The maximum absolute atomic E-state index is 13.3. The highest BCUT2D eigenvalue weighted by Gasteiger charge is 2.41. The van der Waals surface area contributed by atoms with Gasteiger partial charge in [0.25, 0.3) is 0 Å². The van der Waals surface area contributed by atoms with E-state index in [0.717, 1.165) is 12.1 Å². The number of benzene rings is 2. The van der Waals surface area contributed by atoms with Crippen molar-refractivity contribution in [1.29, 1.82) is 0 Å². The number of hydrogen-bond donors (Lipinski definition) is 0. The first-order chi connectivity index (χ1) is 13.5. The standard InChI is InChI=1S/C22H24N2O4/c1-14-10-15-6-4-5-7-18(15)24(14)22(26)16-11-21(25)23(13-16)19-12-17(27-2)8-9-20(19)28-3/h4-9,12,14,16H,10-11,13H2,1-3H3. The number of carbonyl (C=O) groups excluding carboxylic acids is 2. The van der Waals surface area contributed by atoms with E-state index < -0.39 is 0 Å². The summed E-state index contributed by atoms with van der Waals surface area (Å²) >= 11 is 0. The number of fused-ring (bicyclic) bond motifs is 1. The molecule has 0 spiro atoms. The highest BCUT2D eigenvalue weighted by atomic mass is 16.5. The quantitative estimate of drug-likeness (QED) is 0.818. The van der Waals surface area contributed by atoms with E-state index in [1.807, 2.05) is 23.1 Å². The molecule has 0 N–H and O–H groups in total. The summed E-state index contributed by atoms with van der Waals surface area (Å²) in [5.41, 5.74) is 2.78. The van der Waals surface area contributed by atoms with E-state index in [1.165, 1.54) is 5.56 Å². The first-order valence-electron chi connectivity index (χ1n) is 9.47. The highest BCUT2D eigenvalue weighted by molar-refractivity contribution is 6.06. The molecule has 0 aromatic heterocycles. The van der Waals surface area contributed by atoms with Crippen LogP contribution < -0.4 is 19.3 Å². The summed E-state index contributed by atoms with van der Waals surface area (Å²) in [6.07, 6.45) is 1.04. The SMILES string of the molecule is COc1ccc(OC)c(N2CC(C(=O)N3c4ccccc4CC3C)CC2=O)c1. The third-order valence-electron chi connectivity index (χ3n) is 5.60. The van der Waals surface area contributed by atoms with Crippen LogP contribution in [0.5, 0.6) is 11.5 Å². The molecule has 146 valence electrons. The van der Waals surface area contributed by atoms with E-state index >= 15 is 0 Å². The maximum atomic E-state index is 13.3. The fourth-order valence-corrected chi connectivity index (χ4v) is 4.21. The van der Waals surface area contributed by atoms with Gasteiger partial charge >= 0.3 is 0 Å². The van der Waals surface area contributed by atoms with Gasteiger partial charge in [0, 0.05) is 30.8 Å². The Balaban J connectivity index is 1.60. The van der Waals surface area contributed by atoms with Gasteiger partial charge in [-0.05, 0) is 37.1 Å². The molecule has 2 atom stereocenters. The summed E-state index contributed by atoms with van der Waals surface area (Å²) in [5, 5.41) is 0. The molecule has 2 aromatic carbocycles.